The van der Waals surface area contributed by atoms with E-state index in [-0.39, 0.29) is 11.9 Å². The molecule has 4 aromatic rings. The van der Waals surface area contributed by atoms with Crippen LogP contribution in [0.25, 0.3) is 27.9 Å². The molecule has 1 saturated heterocycles. The largest absolute Gasteiger partial charge is 0.354 e. The van der Waals surface area contributed by atoms with Crippen LogP contribution >= 0.6 is 11.3 Å². The third-order valence-corrected chi connectivity index (χ3v) is 5.96. The number of hydrogen-bond acceptors (Lipinski definition) is 6. The molecule has 2 N–H and O–H groups in total. The van der Waals surface area contributed by atoms with Gasteiger partial charge in [-0.1, -0.05) is 12.1 Å². The van der Waals surface area contributed by atoms with Gasteiger partial charge in [-0.3, -0.25) is 4.79 Å². The molecule has 0 aliphatic carbocycles. The van der Waals surface area contributed by atoms with Crippen molar-refractivity contribution < 1.29 is 4.79 Å². The summed E-state index contributed by atoms with van der Waals surface area (Å²) in [4.78, 5) is 23.1. The lowest BCUT2D eigenvalue weighted by atomic mass is 10.1. The van der Waals surface area contributed by atoms with Crippen molar-refractivity contribution in [1.29, 1.82) is 0 Å². The van der Waals surface area contributed by atoms with Gasteiger partial charge in [0, 0.05) is 22.4 Å². The van der Waals surface area contributed by atoms with E-state index in [1.807, 2.05) is 35.7 Å². The Morgan fingerprint density at radius 3 is 2.96 bits per heavy atom. The SMILES string of the molecule is Cc1sccc1-c1nc2c3ccccc3nc(N[C@H]3CCCCNC3=O)n2n1. The first-order valence-corrected chi connectivity index (χ1v) is 10.3. The first-order valence-electron chi connectivity index (χ1n) is 9.45. The van der Waals surface area contributed by atoms with Crippen LogP contribution in [0.1, 0.15) is 24.1 Å². The molecule has 1 aromatic carbocycles. The zero-order chi connectivity index (χ0) is 19.1. The summed E-state index contributed by atoms with van der Waals surface area (Å²) in [5.74, 6) is 1.22. The van der Waals surface area contributed by atoms with E-state index in [9.17, 15) is 4.79 Å². The van der Waals surface area contributed by atoms with Crippen LogP contribution in [0.15, 0.2) is 35.7 Å². The molecule has 4 heterocycles. The van der Waals surface area contributed by atoms with Crippen molar-refractivity contribution in [2.24, 2.45) is 0 Å². The highest BCUT2D eigenvalue weighted by Gasteiger charge is 2.23. The highest BCUT2D eigenvalue weighted by Crippen LogP contribution is 2.28. The lowest BCUT2D eigenvalue weighted by Gasteiger charge is -2.16. The van der Waals surface area contributed by atoms with E-state index in [1.165, 1.54) is 4.88 Å². The molecule has 1 atom stereocenters. The zero-order valence-corrected chi connectivity index (χ0v) is 16.3. The number of benzene rings is 1. The maximum atomic E-state index is 12.4. The average molecular weight is 392 g/mol. The molecule has 0 radical (unpaired) electrons. The monoisotopic (exact) mass is 392 g/mol. The Morgan fingerprint density at radius 2 is 2.11 bits per heavy atom. The number of aromatic nitrogens is 4. The Kier molecular flexibility index (Phi) is 4.20. The fourth-order valence-corrected chi connectivity index (χ4v) is 4.31. The molecule has 0 bridgehead atoms. The van der Waals surface area contributed by atoms with Gasteiger partial charge in [-0.15, -0.1) is 16.4 Å². The summed E-state index contributed by atoms with van der Waals surface area (Å²) >= 11 is 1.67. The van der Waals surface area contributed by atoms with Crippen LogP contribution in [0.2, 0.25) is 0 Å². The predicted molar refractivity (Wildman–Crippen MR) is 111 cm³/mol. The van der Waals surface area contributed by atoms with E-state index < -0.39 is 0 Å². The Labute approximate surface area is 165 Å². The third kappa shape index (κ3) is 2.90. The molecular formula is C20H20N6OS. The summed E-state index contributed by atoms with van der Waals surface area (Å²) in [5.41, 5.74) is 2.59. The summed E-state index contributed by atoms with van der Waals surface area (Å²) in [6.07, 6.45) is 2.76. The number of hydrogen-bond donors (Lipinski definition) is 2. The number of nitrogens with zero attached hydrogens (tertiary/aromatic N) is 4. The second kappa shape index (κ2) is 6.87. The molecule has 8 heteroatoms. The fraction of sp³-hybridized carbons (Fsp3) is 0.300. The molecular weight excluding hydrogens is 372 g/mol. The minimum absolute atomic E-state index is 0.00891. The van der Waals surface area contributed by atoms with Gasteiger partial charge in [-0.05, 0) is 49.8 Å². The van der Waals surface area contributed by atoms with Gasteiger partial charge in [-0.2, -0.15) is 4.52 Å². The second-order valence-electron chi connectivity index (χ2n) is 7.00. The second-order valence-corrected chi connectivity index (χ2v) is 8.12. The molecule has 1 fully saturated rings. The Morgan fingerprint density at radius 1 is 1.21 bits per heavy atom. The van der Waals surface area contributed by atoms with E-state index in [0.717, 1.165) is 47.9 Å². The van der Waals surface area contributed by atoms with Gasteiger partial charge >= 0.3 is 0 Å². The molecule has 1 aliphatic rings. The van der Waals surface area contributed by atoms with E-state index in [2.05, 4.69) is 17.6 Å². The topological polar surface area (TPSA) is 84.2 Å². The number of para-hydroxylation sites is 1. The number of fused-ring (bicyclic) bond motifs is 3. The summed E-state index contributed by atoms with van der Waals surface area (Å²) in [5, 5.41) is 14.0. The fourth-order valence-electron chi connectivity index (χ4n) is 3.61. The van der Waals surface area contributed by atoms with Crippen molar-refractivity contribution in [2.75, 3.05) is 11.9 Å². The molecule has 7 nitrogen and oxygen atoms in total. The van der Waals surface area contributed by atoms with Gasteiger partial charge in [0.15, 0.2) is 11.5 Å². The van der Waals surface area contributed by atoms with Gasteiger partial charge in [0.1, 0.15) is 6.04 Å². The van der Waals surface area contributed by atoms with E-state index in [4.69, 9.17) is 15.1 Å². The van der Waals surface area contributed by atoms with Gasteiger partial charge in [0.25, 0.3) is 0 Å². The average Bonchev–Trinajstić information content (AvgIpc) is 3.27. The number of carbonyl (C=O) groups excluding carboxylic acids is 1. The van der Waals surface area contributed by atoms with Crippen molar-refractivity contribution in [1.82, 2.24) is 24.9 Å². The number of anilines is 1. The van der Waals surface area contributed by atoms with E-state index in [1.54, 1.807) is 15.9 Å². The maximum absolute atomic E-state index is 12.4. The van der Waals surface area contributed by atoms with Crippen molar-refractivity contribution in [3.8, 4) is 11.4 Å². The Balaban J connectivity index is 1.67. The molecule has 1 amide bonds. The van der Waals surface area contributed by atoms with Crippen molar-refractivity contribution in [3.63, 3.8) is 0 Å². The van der Waals surface area contributed by atoms with Crippen LogP contribution in [-0.4, -0.2) is 38.1 Å². The van der Waals surface area contributed by atoms with Gasteiger partial charge in [0.2, 0.25) is 11.9 Å². The molecule has 0 spiro atoms. The summed E-state index contributed by atoms with van der Waals surface area (Å²) in [7, 11) is 0. The quantitative estimate of drug-likeness (QED) is 0.558. The van der Waals surface area contributed by atoms with Gasteiger partial charge < -0.3 is 10.6 Å². The summed E-state index contributed by atoms with van der Waals surface area (Å²) in [6, 6.07) is 9.59. The molecule has 142 valence electrons. The number of amides is 1. The van der Waals surface area contributed by atoms with Crippen LogP contribution in [0.3, 0.4) is 0 Å². The van der Waals surface area contributed by atoms with Crippen molar-refractivity contribution >= 4 is 39.7 Å². The molecule has 0 unspecified atom stereocenters. The molecule has 3 aromatic heterocycles. The minimum Gasteiger partial charge on any atom is -0.354 e. The van der Waals surface area contributed by atoms with Crippen LogP contribution in [0.4, 0.5) is 5.95 Å². The van der Waals surface area contributed by atoms with Crippen LogP contribution < -0.4 is 10.6 Å². The van der Waals surface area contributed by atoms with Crippen LogP contribution in [-0.2, 0) is 4.79 Å². The number of aryl methyl sites for hydroxylation is 1. The molecule has 5 rings (SSSR count). The van der Waals surface area contributed by atoms with Crippen molar-refractivity contribution in [3.05, 3.63) is 40.6 Å². The number of thiophene rings is 1. The molecule has 28 heavy (non-hydrogen) atoms. The predicted octanol–water partition coefficient (Wildman–Crippen LogP) is 3.40. The molecule has 1 aliphatic heterocycles. The minimum atomic E-state index is -0.324. The van der Waals surface area contributed by atoms with E-state index >= 15 is 0 Å². The first kappa shape index (κ1) is 17.1. The lowest BCUT2D eigenvalue weighted by Crippen LogP contribution is -2.38. The lowest BCUT2D eigenvalue weighted by molar-refractivity contribution is -0.121. The Bertz CT molecular complexity index is 1180. The Hall–Kier alpha value is -3.00. The van der Waals surface area contributed by atoms with Crippen LogP contribution in [0.5, 0.6) is 0 Å². The van der Waals surface area contributed by atoms with Gasteiger partial charge in [0.05, 0.1) is 5.52 Å². The van der Waals surface area contributed by atoms with Crippen molar-refractivity contribution in [2.45, 2.75) is 32.2 Å². The number of nitrogens with one attached hydrogen (secondary N) is 2. The summed E-state index contributed by atoms with van der Waals surface area (Å²) in [6.45, 7) is 2.79. The van der Waals surface area contributed by atoms with Gasteiger partial charge in [-0.25, -0.2) is 9.97 Å². The highest BCUT2D eigenvalue weighted by molar-refractivity contribution is 7.10. The highest BCUT2D eigenvalue weighted by atomic mass is 32.1. The normalized spacial score (nSPS) is 17.6. The number of rotatable bonds is 3. The first-order chi connectivity index (χ1) is 13.7. The smallest absolute Gasteiger partial charge is 0.242 e. The number of carbonyl (C=O) groups is 1. The standard InChI is InChI=1S/C20H20N6OS/c1-12-13(9-11-28-12)17-24-18-14-6-2-3-7-15(14)22-20(26(18)25-17)23-16-8-4-5-10-21-19(16)27/h2-3,6-7,9,11,16H,4-5,8,10H2,1H3,(H,21,27)(H,22,23)/t16-/m0/s1. The summed E-state index contributed by atoms with van der Waals surface area (Å²) < 4.78 is 1.73. The third-order valence-electron chi connectivity index (χ3n) is 5.12. The zero-order valence-electron chi connectivity index (χ0n) is 15.5. The van der Waals surface area contributed by atoms with Crippen LogP contribution in [0, 0.1) is 6.92 Å². The van der Waals surface area contributed by atoms with E-state index in [0.29, 0.717) is 11.8 Å². The maximum Gasteiger partial charge on any atom is 0.242 e. The molecule has 0 saturated carbocycles.